The van der Waals surface area contributed by atoms with Gasteiger partial charge in [0.15, 0.2) is 0 Å². The third-order valence-corrected chi connectivity index (χ3v) is 5.11. The molecule has 2 aliphatic rings. The molecule has 1 amide bonds. The van der Waals surface area contributed by atoms with Gasteiger partial charge in [-0.2, -0.15) is 5.26 Å². The quantitative estimate of drug-likeness (QED) is 0.926. The third kappa shape index (κ3) is 2.68. The molecule has 24 heavy (non-hydrogen) atoms. The monoisotopic (exact) mass is 317 g/mol. The summed E-state index contributed by atoms with van der Waals surface area (Å²) in [6.07, 6.45) is 0. The summed E-state index contributed by atoms with van der Waals surface area (Å²) < 4.78 is 0. The van der Waals surface area contributed by atoms with Gasteiger partial charge in [0.2, 0.25) is 0 Å². The highest BCUT2D eigenvalue weighted by molar-refractivity contribution is 5.96. The van der Waals surface area contributed by atoms with E-state index in [1.807, 2.05) is 36.4 Å². The van der Waals surface area contributed by atoms with Crippen LogP contribution in [-0.2, 0) is 6.54 Å². The number of hydrogen-bond acceptors (Lipinski definition) is 3. The van der Waals surface area contributed by atoms with Crippen molar-refractivity contribution in [3.05, 3.63) is 70.8 Å². The van der Waals surface area contributed by atoms with Crippen molar-refractivity contribution >= 4 is 5.91 Å². The SMILES string of the molecule is N#Cc1cccc(CN2C[C@@H]3CNC(=O)c4ccccc4[C@H]3C2)c1. The second-order valence-corrected chi connectivity index (χ2v) is 6.67. The highest BCUT2D eigenvalue weighted by Gasteiger charge is 2.37. The maximum atomic E-state index is 12.2. The number of fused-ring (bicyclic) bond motifs is 3. The molecule has 0 spiro atoms. The number of carbonyl (C=O) groups excluding carboxylic acids is 1. The molecule has 1 N–H and O–H groups in total. The van der Waals surface area contributed by atoms with Crippen LogP contribution in [0.25, 0.3) is 0 Å². The first-order valence-corrected chi connectivity index (χ1v) is 8.33. The van der Waals surface area contributed by atoms with Crippen LogP contribution in [-0.4, -0.2) is 30.4 Å². The smallest absolute Gasteiger partial charge is 0.251 e. The standard InChI is InChI=1S/C20H19N3O/c21-9-14-4-3-5-15(8-14)11-23-12-16-10-22-20(24)18-7-2-1-6-17(18)19(16)13-23/h1-8,16,19H,10-13H2,(H,22,24)/t16-,19-/m0/s1. The zero-order valence-corrected chi connectivity index (χ0v) is 13.4. The van der Waals surface area contributed by atoms with E-state index < -0.39 is 0 Å². The van der Waals surface area contributed by atoms with Gasteiger partial charge < -0.3 is 5.32 Å². The first-order chi connectivity index (χ1) is 11.7. The molecule has 4 rings (SSSR count). The molecule has 2 heterocycles. The van der Waals surface area contributed by atoms with Gasteiger partial charge in [-0.05, 0) is 35.2 Å². The van der Waals surface area contributed by atoms with Crippen molar-refractivity contribution in [3.63, 3.8) is 0 Å². The van der Waals surface area contributed by atoms with Crippen LogP contribution < -0.4 is 5.32 Å². The Kier molecular flexibility index (Phi) is 3.79. The maximum absolute atomic E-state index is 12.2. The molecule has 0 aliphatic carbocycles. The molecule has 0 saturated carbocycles. The van der Waals surface area contributed by atoms with Crippen molar-refractivity contribution in [2.24, 2.45) is 5.92 Å². The number of rotatable bonds is 2. The Hall–Kier alpha value is -2.64. The van der Waals surface area contributed by atoms with Crippen molar-refractivity contribution in [1.29, 1.82) is 5.26 Å². The topological polar surface area (TPSA) is 56.1 Å². The molecule has 0 aromatic heterocycles. The lowest BCUT2D eigenvalue weighted by atomic mass is 9.87. The van der Waals surface area contributed by atoms with Gasteiger partial charge >= 0.3 is 0 Å². The fourth-order valence-electron chi connectivity index (χ4n) is 3.99. The Morgan fingerprint density at radius 2 is 2.04 bits per heavy atom. The van der Waals surface area contributed by atoms with Gasteiger partial charge in [-0.15, -0.1) is 0 Å². The summed E-state index contributed by atoms with van der Waals surface area (Å²) >= 11 is 0. The van der Waals surface area contributed by atoms with Gasteiger partial charge in [-0.1, -0.05) is 30.3 Å². The summed E-state index contributed by atoms with van der Waals surface area (Å²) in [5, 5.41) is 12.1. The lowest BCUT2D eigenvalue weighted by molar-refractivity contribution is 0.0951. The molecular weight excluding hydrogens is 298 g/mol. The van der Waals surface area contributed by atoms with E-state index in [-0.39, 0.29) is 5.91 Å². The normalized spacial score (nSPS) is 22.9. The van der Waals surface area contributed by atoms with E-state index in [0.717, 1.165) is 31.7 Å². The largest absolute Gasteiger partial charge is 0.352 e. The Morgan fingerprint density at radius 1 is 1.17 bits per heavy atom. The number of carbonyl (C=O) groups is 1. The molecule has 0 radical (unpaired) electrons. The fourth-order valence-corrected chi connectivity index (χ4v) is 3.99. The number of nitriles is 1. The number of likely N-dealkylation sites (tertiary alicyclic amines) is 1. The zero-order chi connectivity index (χ0) is 16.5. The zero-order valence-electron chi connectivity index (χ0n) is 13.4. The van der Waals surface area contributed by atoms with Crippen LogP contribution >= 0.6 is 0 Å². The highest BCUT2D eigenvalue weighted by Crippen LogP contribution is 2.36. The second kappa shape index (κ2) is 6.10. The summed E-state index contributed by atoms with van der Waals surface area (Å²) in [6, 6.07) is 18.0. The van der Waals surface area contributed by atoms with Gasteiger partial charge in [-0.3, -0.25) is 9.69 Å². The average molecular weight is 317 g/mol. The lowest BCUT2D eigenvalue weighted by Crippen LogP contribution is -2.29. The van der Waals surface area contributed by atoms with Crippen molar-refractivity contribution in [3.8, 4) is 6.07 Å². The van der Waals surface area contributed by atoms with Crippen LogP contribution in [0.3, 0.4) is 0 Å². The van der Waals surface area contributed by atoms with Crippen molar-refractivity contribution < 1.29 is 4.79 Å². The van der Waals surface area contributed by atoms with E-state index in [1.54, 1.807) is 0 Å². The number of nitrogens with zero attached hydrogens (tertiary/aromatic N) is 2. The molecule has 4 nitrogen and oxygen atoms in total. The van der Waals surface area contributed by atoms with E-state index in [4.69, 9.17) is 5.26 Å². The maximum Gasteiger partial charge on any atom is 0.251 e. The Balaban J connectivity index is 1.57. The number of amides is 1. The molecule has 2 aromatic carbocycles. The van der Waals surface area contributed by atoms with E-state index in [9.17, 15) is 4.79 Å². The summed E-state index contributed by atoms with van der Waals surface area (Å²) in [6.45, 7) is 3.50. The van der Waals surface area contributed by atoms with Crippen molar-refractivity contribution in [2.75, 3.05) is 19.6 Å². The van der Waals surface area contributed by atoms with Crippen LogP contribution in [0.1, 0.15) is 33.0 Å². The van der Waals surface area contributed by atoms with E-state index >= 15 is 0 Å². The minimum atomic E-state index is 0.0493. The van der Waals surface area contributed by atoms with Crippen LogP contribution in [0.4, 0.5) is 0 Å². The highest BCUT2D eigenvalue weighted by atomic mass is 16.1. The van der Waals surface area contributed by atoms with E-state index in [1.165, 1.54) is 11.1 Å². The van der Waals surface area contributed by atoms with Gasteiger partial charge in [-0.25, -0.2) is 0 Å². The predicted octanol–water partition coefficient (Wildman–Crippen LogP) is 2.52. The fraction of sp³-hybridized carbons (Fsp3) is 0.300. The predicted molar refractivity (Wildman–Crippen MR) is 91.4 cm³/mol. The summed E-state index contributed by atoms with van der Waals surface area (Å²) in [5.74, 6) is 0.879. The summed E-state index contributed by atoms with van der Waals surface area (Å²) in [4.78, 5) is 14.7. The van der Waals surface area contributed by atoms with Crippen LogP contribution in [0.15, 0.2) is 48.5 Å². The van der Waals surface area contributed by atoms with Crippen LogP contribution in [0, 0.1) is 17.2 Å². The first kappa shape index (κ1) is 14.9. The molecule has 1 saturated heterocycles. The van der Waals surface area contributed by atoms with Crippen molar-refractivity contribution in [1.82, 2.24) is 10.2 Å². The molecule has 2 aliphatic heterocycles. The molecule has 0 bridgehead atoms. The molecule has 1 fully saturated rings. The van der Waals surface area contributed by atoms with Gasteiger partial charge in [0.05, 0.1) is 11.6 Å². The minimum absolute atomic E-state index is 0.0493. The summed E-state index contributed by atoms with van der Waals surface area (Å²) in [5.41, 5.74) is 3.87. The molecular formula is C20H19N3O. The third-order valence-electron chi connectivity index (χ3n) is 5.11. The Morgan fingerprint density at radius 3 is 2.92 bits per heavy atom. The molecule has 2 aromatic rings. The van der Waals surface area contributed by atoms with Crippen LogP contribution in [0.5, 0.6) is 0 Å². The Labute approximate surface area is 141 Å². The van der Waals surface area contributed by atoms with Gasteiger partial charge in [0.1, 0.15) is 0 Å². The summed E-state index contributed by atoms with van der Waals surface area (Å²) in [7, 11) is 0. The first-order valence-electron chi connectivity index (χ1n) is 8.33. The molecule has 0 unspecified atom stereocenters. The number of hydrogen-bond donors (Lipinski definition) is 1. The van der Waals surface area contributed by atoms with Gasteiger partial charge in [0.25, 0.3) is 5.91 Å². The lowest BCUT2D eigenvalue weighted by Gasteiger charge is -2.17. The second-order valence-electron chi connectivity index (χ2n) is 6.67. The minimum Gasteiger partial charge on any atom is -0.352 e. The molecule has 4 heteroatoms. The van der Waals surface area contributed by atoms with Gasteiger partial charge in [0, 0.05) is 37.7 Å². The number of nitrogens with one attached hydrogen (secondary N) is 1. The molecule has 2 atom stereocenters. The van der Waals surface area contributed by atoms with Crippen molar-refractivity contribution in [2.45, 2.75) is 12.5 Å². The van der Waals surface area contributed by atoms with Crippen LogP contribution in [0.2, 0.25) is 0 Å². The van der Waals surface area contributed by atoms with E-state index in [0.29, 0.717) is 17.4 Å². The number of benzene rings is 2. The van der Waals surface area contributed by atoms with E-state index in [2.05, 4.69) is 28.4 Å². The molecule has 120 valence electrons. The average Bonchev–Trinajstić information content (AvgIpc) is 2.97. The Bertz CT molecular complexity index is 824.